The van der Waals surface area contributed by atoms with Crippen molar-refractivity contribution in [2.75, 3.05) is 10.8 Å². The maximum absolute atomic E-state index is 13.5. The van der Waals surface area contributed by atoms with Crippen molar-refractivity contribution >= 4 is 44.8 Å². The molecule has 3 aromatic carbocycles. The number of sulfonamides is 1. The number of halogens is 2. The molecule has 1 N–H and O–H groups in total. The third-order valence-corrected chi connectivity index (χ3v) is 7.53. The van der Waals surface area contributed by atoms with Crippen LogP contribution in [0, 0.1) is 20.8 Å². The molecule has 0 heterocycles. The number of benzene rings is 3. The molecule has 3 rings (SSSR count). The Balaban J connectivity index is 1.94. The minimum absolute atomic E-state index is 0.0689. The lowest BCUT2D eigenvalue weighted by Crippen LogP contribution is -2.41. The molecule has 0 aliphatic heterocycles. The van der Waals surface area contributed by atoms with Crippen molar-refractivity contribution in [2.45, 2.75) is 38.6 Å². The minimum Gasteiger partial charge on any atom is -0.348 e. The second kappa shape index (κ2) is 10.2. The molecular formula is C25H26Cl2N2O3S. The van der Waals surface area contributed by atoms with Crippen LogP contribution < -0.4 is 9.62 Å². The predicted octanol–water partition coefficient (Wildman–Crippen LogP) is 5.99. The molecule has 0 radical (unpaired) electrons. The molecule has 8 heteroatoms. The summed E-state index contributed by atoms with van der Waals surface area (Å²) in [5, 5.41) is 3.45. The minimum atomic E-state index is -4.06. The maximum atomic E-state index is 13.5. The topological polar surface area (TPSA) is 66.5 Å². The second-order valence-corrected chi connectivity index (χ2v) is 10.8. The number of rotatable bonds is 7. The lowest BCUT2D eigenvalue weighted by atomic mass is 10.0. The Morgan fingerprint density at radius 3 is 2.06 bits per heavy atom. The molecule has 5 nitrogen and oxygen atoms in total. The van der Waals surface area contributed by atoms with Crippen LogP contribution in [-0.2, 0) is 14.8 Å². The van der Waals surface area contributed by atoms with Crippen molar-refractivity contribution < 1.29 is 13.2 Å². The molecule has 1 atom stereocenters. The van der Waals surface area contributed by atoms with Gasteiger partial charge in [-0.3, -0.25) is 9.10 Å². The summed E-state index contributed by atoms with van der Waals surface area (Å²) in [5.74, 6) is -0.450. The monoisotopic (exact) mass is 504 g/mol. The van der Waals surface area contributed by atoms with E-state index in [0.717, 1.165) is 26.6 Å². The average molecular weight is 505 g/mol. The molecule has 0 unspecified atom stereocenters. The Bertz CT molecular complexity index is 1260. The van der Waals surface area contributed by atoms with Crippen molar-refractivity contribution in [3.8, 4) is 0 Å². The Morgan fingerprint density at radius 2 is 1.48 bits per heavy atom. The molecule has 0 saturated carbocycles. The Hall–Kier alpha value is -2.54. The van der Waals surface area contributed by atoms with E-state index in [1.54, 1.807) is 12.1 Å². The summed E-state index contributed by atoms with van der Waals surface area (Å²) in [4.78, 5) is 13.1. The van der Waals surface area contributed by atoms with Crippen molar-refractivity contribution in [1.29, 1.82) is 0 Å². The van der Waals surface area contributed by atoms with E-state index in [2.05, 4.69) is 5.32 Å². The van der Waals surface area contributed by atoms with Gasteiger partial charge in [0.1, 0.15) is 6.54 Å². The zero-order valence-corrected chi connectivity index (χ0v) is 21.2. The molecule has 0 spiro atoms. The van der Waals surface area contributed by atoms with Gasteiger partial charge in [0.05, 0.1) is 16.6 Å². The molecule has 3 aromatic rings. The van der Waals surface area contributed by atoms with Crippen LogP contribution in [0.2, 0.25) is 10.0 Å². The van der Waals surface area contributed by atoms with E-state index < -0.39 is 22.5 Å². The highest BCUT2D eigenvalue weighted by molar-refractivity contribution is 7.92. The molecule has 0 aromatic heterocycles. The largest absolute Gasteiger partial charge is 0.348 e. The first-order valence-corrected chi connectivity index (χ1v) is 12.6. The smallest absolute Gasteiger partial charge is 0.264 e. The Labute approximate surface area is 205 Å². The van der Waals surface area contributed by atoms with Crippen molar-refractivity contribution in [2.24, 2.45) is 0 Å². The molecular weight excluding hydrogens is 479 g/mol. The third kappa shape index (κ3) is 6.08. The third-order valence-electron chi connectivity index (χ3n) is 5.30. The van der Waals surface area contributed by atoms with Gasteiger partial charge in [0.15, 0.2) is 0 Å². The number of hydrogen-bond donors (Lipinski definition) is 1. The van der Waals surface area contributed by atoms with E-state index in [4.69, 9.17) is 23.2 Å². The summed E-state index contributed by atoms with van der Waals surface area (Å²) < 4.78 is 28.0. The van der Waals surface area contributed by atoms with Crippen LogP contribution >= 0.6 is 23.2 Å². The number of carbonyl (C=O) groups is 1. The summed E-state index contributed by atoms with van der Waals surface area (Å²) in [7, 11) is -4.06. The van der Waals surface area contributed by atoms with Crippen molar-refractivity contribution in [3.05, 3.63) is 93.0 Å². The van der Waals surface area contributed by atoms with Crippen LogP contribution in [0.5, 0.6) is 0 Å². The fourth-order valence-electron chi connectivity index (χ4n) is 3.64. The van der Waals surface area contributed by atoms with Gasteiger partial charge in [0.2, 0.25) is 5.91 Å². The summed E-state index contributed by atoms with van der Waals surface area (Å²) in [5.41, 5.74) is 4.28. The maximum Gasteiger partial charge on any atom is 0.264 e. The first-order chi connectivity index (χ1) is 15.5. The van der Waals surface area contributed by atoms with Crippen LogP contribution in [0.3, 0.4) is 0 Å². The SMILES string of the molecule is Cc1ccc(S(=O)(=O)N(CC(=O)N[C@@H](C)c2ccc(C)cc2C)c2cc(Cl)cc(Cl)c2)cc1. The molecule has 0 bridgehead atoms. The van der Waals surface area contributed by atoms with Crippen molar-refractivity contribution in [1.82, 2.24) is 5.32 Å². The molecule has 0 saturated heterocycles. The number of anilines is 1. The van der Waals surface area contributed by atoms with Crippen LogP contribution in [0.25, 0.3) is 0 Å². The van der Waals surface area contributed by atoms with Gasteiger partial charge >= 0.3 is 0 Å². The highest BCUT2D eigenvalue weighted by atomic mass is 35.5. The molecule has 0 aliphatic rings. The first kappa shape index (κ1) is 25.1. The summed E-state index contributed by atoms with van der Waals surface area (Å²) in [6, 6.07) is 16.6. The number of nitrogens with one attached hydrogen (secondary N) is 1. The lowest BCUT2D eigenvalue weighted by molar-refractivity contribution is -0.120. The second-order valence-electron chi connectivity index (χ2n) is 8.10. The van der Waals surface area contributed by atoms with Gasteiger partial charge in [0.25, 0.3) is 10.0 Å². The molecule has 174 valence electrons. The lowest BCUT2D eigenvalue weighted by Gasteiger charge is -2.26. The summed E-state index contributed by atoms with van der Waals surface area (Å²) >= 11 is 12.3. The molecule has 33 heavy (non-hydrogen) atoms. The van der Waals surface area contributed by atoms with Crippen LogP contribution in [-0.4, -0.2) is 20.9 Å². The Morgan fingerprint density at radius 1 is 0.909 bits per heavy atom. The van der Waals surface area contributed by atoms with Gasteiger partial charge < -0.3 is 5.32 Å². The molecule has 0 aliphatic carbocycles. The number of hydrogen-bond acceptors (Lipinski definition) is 3. The molecule has 0 fully saturated rings. The highest BCUT2D eigenvalue weighted by Gasteiger charge is 2.28. The zero-order chi connectivity index (χ0) is 24.3. The zero-order valence-electron chi connectivity index (χ0n) is 18.9. The summed E-state index contributed by atoms with van der Waals surface area (Å²) in [6.07, 6.45) is 0. The summed E-state index contributed by atoms with van der Waals surface area (Å²) in [6.45, 7) is 7.29. The van der Waals surface area contributed by atoms with Crippen LogP contribution in [0.1, 0.15) is 35.2 Å². The fourth-order valence-corrected chi connectivity index (χ4v) is 5.56. The number of nitrogens with zero attached hydrogens (tertiary/aromatic N) is 1. The standard InChI is InChI=1S/C25H26Cl2N2O3S/c1-16-5-8-23(9-6-16)33(31,32)29(22-13-20(26)12-21(27)14-22)15-25(30)28-19(4)24-10-7-17(2)11-18(24)3/h5-14,19H,15H2,1-4H3,(H,28,30)/t19-/m0/s1. The van der Waals surface area contributed by atoms with Gasteiger partial charge in [-0.05, 0) is 69.2 Å². The first-order valence-electron chi connectivity index (χ1n) is 10.4. The fraction of sp³-hybridized carbons (Fsp3) is 0.240. The van der Waals surface area contributed by atoms with E-state index in [1.807, 2.05) is 45.9 Å². The van der Waals surface area contributed by atoms with Crippen LogP contribution in [0.15, 0.2) is 65.6 Å². The number of carbonyl (C=O) groups excluding carboxylic acids is 1. The van der Waals surface area contributed by atoms with Gasteiger partial charge in [-0.1, -0.05) is 64.7 Å². The Kier molecular flexibility index (Phi) is 7.73. The van der Waals surface area contributed by atoms with Gasteiger partial charge in [0, 0.05) is 10.0 Å². The van der Waals surface area contributed by atoms with Crippen LogP contribution in [0.4, 0.5) is 5.69 Å². The number of amides is 1. The average Bonchev–Trinajstić information content (AvgIpc) is 2.71. The van der Waals surface area contributed by atoms with E-state index in [-0.39, 0.29) is 26.7 Å². The normalized spacial score (nSPS) is 12.3. The van der Waals surface area contributed by atoms with E-state index >= 15 is 0 Å². The van der Waals surface area contributed by atoms with E-state index in [9.17, 15) is 13.2 Å². The molecule has 1 amide bonds. The van der Waals surface area contributed by atoms with Gasteiger partial charge in [-0.2, -0.15) is 0 Å². The number of aryl methyl sites for hydroxylation is 3. The quantitative estimate of drug-likeness (QED) is 0.429. The van der Waals surface area contributed by atoms with E-state index in [1.165, 1.54) is 30.3 Å². The predicted molar refractivity (Wildman–Crippen MR) is 135 cm³/mol. The van der Waals surface area contributed by atoms with Crippen molar-refractivity contribution in [3.63, 3.8) is 0 Å². The van der Waals surface area contributed by atoms with Gasteiger partial charge in [-0.25, -0.2) is 8.42 Å². The van der Waals surface area contributed by atoms with E-state index in [0.29, 0.717) is 0 Å². The highest BCUT2D eigenvalue weighted by Crippen LogP contribution is 2.30. The van der Waals surface area contributed by atoms with Gasteiger partial charge in [-0.15, -0.1) is 0 Å².